The topological polar surface area (TPSA) is 45.7 Å². The highest BCUT2D eigenvalue weighted by atomic mass is 127. The van der Waals surface area contributed by atoms with E-state index < -0.39 is 0 Å². The minimum absolute atomic E-state index is 0. The molecular weight excluding hydrogens is 397 g/mol. The van der Waals surface area contributed by atoms with E-state index in [0.29, 0.717) is 6.54 Å². The van der Waals surface area contributed by atoms with Crippen LogP contribution in [0.3, 0.4) is 0 Å². The SMILES string of the molecule is CN=C(NC)NCc1ccc(Br)cc1OC.I. The fraction of sp³-hybridized carbons (Fsp3) is 0.364. The molecule has 0 amide bonds. The summed E-state index contributed by atoms with van der Waals surface area (Å²) in [7, 11) is 5.23. The predicted octanol–water partition coefficient (Wildman–Crippen LogP) is 2.37. The van der Waals surface area contributed by atoms with Gasteiger partial charge >= 0.3 is 0 Å². The molecule has 1 aromatic rings. The monoisotopic (exact) mass is 413 g/mol. The number of benzene rings is 1. The molecule has 0 aliphatic heterocycles. The van der Waals surface area contributed by atoms with E-state index >= 15 is 0 Å². The molecule has 6 heteroatoms. The third-order valence-electron chi connectivity index (χ3n) is 2.16. The van der Waals surface area contributed by atoms with Gasteiger partial charge in [-0.2, -0.15) is 0 Å². The third-order valence-corrected chi connectivity index (χ3v) is 2.65. The number of hydrogen-bond donors (Lipinski definition) is 2. The maximum atomic E-state index is 5.30. The van der Waals surface area contributed by atoms with E-state index in [9.17, 15) is 0 Å². The fourth-order valence-corrected chi connectivity index (χ4v) is 1.66. The number of methoxy groups -OCH3 is 1. The van der Waals surface area contributed by atoms with Crippen molar-refractivity contribution >= 4 is 45.9 Å². The zero-order chi connectivity index (χ0) is 12.0. The number of hydrogen-bond acceptors (Lipinski definition) is 2. The lowest BCUT2D eigenvalue weighted by atomic mass is 10.2. The van der Waals surface area contributed by atoms with Crippen LogP contribution in [0.1, 0.15) is 5.56 Å². The van der Waals surface area contributed by atoms with Gasteiger partial charge in [-0.25, -0.2) is 0 Å². The summed E-state index contributed by atoms with van der Waals surface area (Å²) in [5.74, 6) is 1.61. The second-order valence-electron chi connectivity index (χ2n) is 3.13. The molecule has 0 radical (unpaired) electrons. The van der Waals surface area contributed by atoms with Crippen molar-refractivity contribution in [3.8, 4) is 5.75 Å². The van der Waals surface area contributed by atoms with Crippen LogP contribution in [0.15, 0.2) is 27.7 Å². The van der Waals surface area contributed by atoms with Gasteiger partial charge in [0, 0.05) is 30.7 Å². The van der Waals surface area contributed by atoms with Gasteiger partial charge in [0.25, 0.3) is 0 Å². The molecule has 0 unspecified atom stereocenters. The number of rotatable bonds is 3. The molecule has 0 aliphatic rings. The summed E-state index contributed by atoms with van der Waals surface area (Å²) in [5, 5.41) is 6.13. The van der Waals surface area contributed by atoms with Gasteiger partial charge in [0.15, 0.2) is 5.96 Å². The van der Waals surface area contributed by atoms with Gasteiger partial charge in [0.05, 0.1) is 7.11 Å². The highest BCUT2D eigenvalue weighted by Crippen LogP contribution is 2.23. The molecule has 0 spiro atoms. The smallest absolute Gasteiger partial charge is 0.190 e. The van der Waals surface area contributed by atoms with Gasteiger partial charge in [-0.3, -0.25) is 4.99 Å². The average molecular weight is 414 g/mol. The van der Waals surface area contributed by atoms with Gasteiger partial charge < -0.3 is 15.4 Å². The van der Waals surface area contributed by atoms with Crippen molar-refractivity contribution < 1.29 is 4.74 Å². The van der Waals surface area contributed by atoms with Crippen LogP contribution in [0.25, 0.3) is 0 Å². The molecule has 0 saturated carbocycles. The Morgan fingerprint density at radius 3 is 2.71 bits per heavy atom. The molecule has 0 fully saturated rings. The van der Waals surface area contributed by atoms with Crippen molar-refractivity contribution in [1.82, 2.24) is 10.6 Å². The van der Waals surface area contributed by atoms with E-state index in [1.165, 1.54) is 0 Å². The van der Waals surface area contributed by atoms with E-state index in [1.807, 2.05) is 25.2 Å². The second-order valence-corrected chi connectivity index (χ2v) is 4.05. The first-order chi connectivity index (χ1) is 7.71. The Hall–Kier alpha value is -0.500. The normalized spacial score (nSPS) is 10.5. The number of nitrogens with one attached hydrogen (secondary N) is 2. The summed E-state index contributed by atoms with van der Waals surface area (Å²) in [6.45, 7) is 0.671. The summed E-state index contributed by atoms with van der Waals surface area (Å²) in [5.41, 5.74) is 1.09. The first-order valence-electron chi connectivity index (χ1n) is 4.92. The first-order valence-corrected chi connectivity index (χ1v) is 5.71. The number of aliphatic imine (C=N–C) groups is 1. The van der Waals surface area contributed by atoms with Gasteiger partial charge in [-0.1, -0.05) is 22.0 Å². The summed E-state index contributed by atoms with van der Waals surface area (Å²) in [4.78, 5) is 4.04. The maximum absolute atomic E-state index is 5.30. The molecule has 1 aromatic carbocycles. The number of ether oxygens (including phenoxy) is 1. The van der Waals surface area contributed by atoms with E-state index in [2.05, 4.69) is 31.6 Å². The van der Waals surface area contributed by atoms with Gasteiger partial charge in [-0.05, 0) is 12.1 Å². The van der Waals surface area contributed by atoms with E-state index in [-0.39, 0.29) is 24.0 Å². The highest BCUT2D eigenvalue weighted by Gasteiger charge is 2.03. The van der Waals surface area contributed by atoms with Crippen LogP contribution in [0.4, 0.5) is 0 Å². The van der Waals surface area contributed by atoms with Gasteiger partial charge in [-0.15, -0.1) is 24.0 Å². The Morgan fingerprint density at radius 1 is 1.47 bits per heavy atom. The van der Waals surface area contributed by atoms with Crippen LogP contribution in [0.5, 0.6) is 5.75 Å². The lowest BCUT2D eigenvalue weighted by Crippen LogP contribution is -2.34. The molecule has 96 valence electrons. The third kappa shape index (κ3) is 5.12. The van der Waals surface area contributed by atoms with Crippen LogP contribution in [-0.4, -0.2) is 27.2 Å². The van der Waals surface area contributed by atoms with Crippen LogP contribution < -0.4 is 15.4 Å². The Labute approximate surface area is 127 Å². The minimum Gasteiger partial charge on any atom is -0.496 e. The Morgan fingerprint density at radius 2 is 2.18 bits per heavy atom. The predicted molar refractivity (Wildman–Crippen MR) is 85.4 cm³/mol. The quantitative estimate of drug-likeness (QED) is 0.454. The number of halogens is 2. The van der Waals surface area contributed by atoms with Crippen molar-refractivity contribution in [1.29, 1.82) is 0 Å². The molecule has 0 aliphatic carbocycles. The van der Waals surface area contributed by atoms with E-state index in [0.717, 1.165) is 21.7 Å². The Kier molecular flexibility index (Phi) is 8.32. The highest BCUT2D eigenvalue weighted by molar-refractivity contribution is 14.0. The van der Waals surface area contributed by atoms with Crippen molar-refractivity contribution in [2.24, 2.45) is 4.99 Å². The van der Waals surface area contributed by atoms with Crippen molar-refractivity contribution in [3.05, 3.63) is 28.2 Å². The molecule has 2 N–H and O–H groups in total. The van der Waals surface area contributed by atoms with E-state index in [1.54, 1.807) is 14.2 Å². The zero-order valence-corrected chi connectivity index (χ0v) is 14.0. The maximum Gasteiger partial charge on any atom is 0.190 e. The van der Waals surface area contributed by atoms with Crippen molar-refractivity contribution in [3.63, 3.8) is 0 Å². The molecule has 0 aromatic heterocycles. The Bertz CT molecular complexity index is 385. The first kappa shape index (κ1) is 16.5. The van der Waals surface area contributed by atoms with Crippen molar-refractivity contribution in [2.45, 2.75) is 6.54 Å². The van der Waals surface area contributed by atoms with Crippen LogP contribution >= 0.6 is 39.9 Å². The molecule has 0 bridgehead atoms. The van der Waals surface area contributed by atoms with Gasteiger partial charge in [0.2, 0.25) is 0 Å². The average Bonchev–Trinajstić information content (AvgIpc) is 2.31. The van der Waals surface area contributed by atoms with Crippen LogP contribution in [0.2, 0.25) is 0 Å². The molecular formula is C11H17BrIN3O. The number of guanidine groups is 1. The van der Waals surface area contributed by atoms with Gasteiger partial charge in [0.1, 0.15) is 5.75 Å². The second kappa shape index (κ2) is 8.57. The molecule has 0 atom stereocenters. The molecule has 1 rings (SSSR count). The lowest BCUT2D eigenvalue weighted by Gasteiger charge is -2.11. The lowest BCUT2D eigenvalue weighted by molar-refractivity contribution is 0.409. The summed E-state index contributed by atoms with van der Waals surface area (Å²) >= 11 is 3.41. The van der Waals surface area contributed by atoms with Crippen LogP contribution in [0, 0.1) is 0 Å². The largest absolute Gasteiger partial charge is 0.496 e. The summed E-state index contributed by atoms with van der Waals surface area (Å²) in [6.07, 6.45) is 0. The summed E-state index contributed by atoms with van der Waals surface area (Å²) in [6, 6.07) is 5.94. The number of nitrogens with zero attached hydrogens (tertiary/aromatic N) is 1. The molecule has 0 saturated heterocycles. The van der Waals surface area contributed by atoms with Crippen LogP contribution in [-0.2, 0) is 6.54 Å². The fourth-order valence-electron chi connectivity index (χ4n) is 1.32. The minimum atomic E-state index is 0. The Balaban J connectivity index is 0.00000256. The zero-order valence-electron chi connectivity index (χ0n) is 10.1. The van der Waals surface area contributed by atoms with Crippen molar-refractivity contribution in [2.75, 3.05) is 21.2 Å². The molecule has 4 nitrogen and oxygen atoms in total. The van der Waals surface area contributed by atoms with E-state index in [4.69, 9.17) is 4.74 Å². The standard InChI is InChI=1S/C11H16BrN3O.HI/c1-13-11(14-2)15-7-8-4-5-9(12)6-10(8)16-3;/h4-6H,7H2,1-3H3,(H2,13,14,15);1H. The summed E-state index contributed by atoms with van der Waals surface area (Å²) < 4.78 is 6.30. The molecule has 0 heterocycles. The molecule has 17 heavy (non-hydrogen) atoms.